The van der Waals surface area contributed by atoms with Crippen molar-refractivity contribution in [1.82, 2.24) is 14.8 Å². The van der Waals surface area contributed by atoms with Crippen molar-refractivity contribution in [1.29, 1.82) is 0 Å². The smallest absolute Gasteiger partial charge is 0.274 e. The van der Waals surface area contributed by atoms with Crippen molar-refractivity contribution in [2.75, 3.05) is 12.4 Å². The first-order valence-corrected chi connectivity index (χ1v) is 8.54. The quantitative estimate of drug-likeness (QED) is 0.590. The maximum atomic E-state index is 12.7. The van der Waals surface area contributed by atoms with Gasteiger partial charge in [-0.3, -0.25) is 9.48 Å². The van der Waals surface area contributed by atoms with Gasteiger partial charge in [-0.15, -0.1) is 0 Å². The van der Waals surface area contributed by atoms with Crippen LogP contribution in [-0.2, 0) is 6.54 Å². The van der Waals surface area contributed by atoms with E-state index in [1.165, 1.54) is 0 Å². The number of hydrogen-bond donors (Lipinski definition) is 1. The first kappa shape index (κ1) is 16.8. The van der Waals surface area contributed by atoms with Crippen LogP contribution in [-0.4, -0.2) is 27.8 Å². The Labute approximate surface area is 156 Å². The molecular weight excluding hydrogens is 340 g/mol. The van der Waals surface area contributed by atoms with Crippen molar-refractivity contribution >= 4 is 22.4 Å². The highest BCUT2D eigenvalue weighted by atomic mass is 16.5. The molecule has 6 nitrogen and oxygen atoms in total. The molecule has 0 atom stereocenters. The molecule has 0 spiro atoms. The van der Waals surface area contributed by atoms with Crippen LogP contribution in [0.25, 0.3) is 10.8 Å². The fraction of sp³-hybridized carbons (Fsp3) is 0.0952. The Hall–Kier alpha value is -3.67. The Morgan fingerprint density at radius 3 is 2.81 bits per heavy atom. The molecule has 0 saturated carbocycles. The maximum absolute atomic E-state index is 12.7. The van der Waals surface area contributed by atoms with Crippen LogP contribution in [0.5, 0.6) is 5.88 Å². The maximum Gasteiger partial charge on any atom is 0.274 e. The SMILES string of the molecule is COc1nc(C(=O)Nc2cccc(Cn3cccn3)c2)cc2ccccc12. The molecule has 2 aromatic heterocycles. The molecule has 0 bridgehead atoms. The van der Waals surface area contributed by atoms with E-state index >= 15 is 0 Å². The number of amides is 1. The number of fused-ring (bicyclic) bond motifs is 1. The number of nitrogens with zero attached hydrogens (tertiary/aromatic N) is 3. The summed E-state index contributed by atoms with van der Waals surface area (Å²) in [5.41, 5.74) is 2.06. The zero-order chi connectivity index (χ0) is 18.6. The Bertz CT molecular complexity index is 1090. The highest BCUT2D eigenvalue weighted by molar-refractivity contribution is 6.05. The van der Waals surface area contributed by atoms with E-state index in [1.807, 2.05) is 65.5 Å². The van der Waals surface area contributed by atoms with Crippen LogP contribution >= 0.6 is 0 Å². The molecule has 0 aliphatic carbocycles. The second-order valence-corrected chi connectivity index (χ2v) is 6.10. The molecule has 2 aromatic carbocycles. The number of rotatable bonds is 5. The molecule has 0 radical (unpaired) electrons. The van der Waals surface area contributed by atoms with E-state index < -0.39 is 0 Å². The Balaban J connectivity index is 1.58. The third kappa shape index (κ3) is 3.64. The minimum Gasteiger partial charge on any atom is -0.481 e. The molecule has 4 aromatic rings. The van der Waals surface area contributed by atoms with E-state index in [0.717, 1.165) is 16.3 Å². The summed E-state index contributed by atoms with van der Waals surface area (Å²) >= 11 is 0. The van der Waals surface area contributed by atoms with E-state index in [4.69, 9.17) is 4.74 Å². The van der Waals surface area contributed by atoms with Crippen LogP contribution in [0.3, 0.4) is 0 Å². The molecule has 6 heteroatoms. The Morgan fingerprint density at radius 2 is 2.00 bits per heavy atom. The van der Waals surface area contributed by atoms with Crippen LogP contribution in [0.15, 0.2) is 73.1 Å². The lowest BCUT2D eigenvalue weighted by atomic mass is 10.1. The zero-order valence-electron chi connectivity index (χ0n) is 14.8. The third-order valence-corrected chi connectivity index (χ3v) is 4.22. The summed E-state index contributed by atoms with van der Waals surface area (Å²) < 4.78 is 7.18. The van der Waals surface area contributed by atoms with Crippen molar-refractivity contribution in [2.24, 2.45) is 0 Å². The summed E-state index contributed by atoms with van der Waals surface area (Å²) in [5, 5.41) is 8.89. The van der Waals surface area contributed by atoms with Gasteiger partial charge in [0.05, 0.1) is 13.7 Å². The van der Waals surface area contributed by atoms with Gasteiger partial charge in [0.2, 0.25) is 5.88 Å². The number of benzene rings is 2. The number of hydrogen-bond acceptors (Lipinski definition) is 4. The molecule has 0 saturated heterocycles. The molecule has 0 unspecified atom stereocenters. The molecular formula is C21H18N4O2. The molecule has 0 fully saturated rings. The molecule has 0 aliphatic heterocycles. The Morgan fingerprint density at radius 1 is 1.11 bits per heavy atom. The second kappa shape index (κ2) is 7.29. The first-order chi connectivity index (χ1) is 13.2. The molecule has 134 valence electrons. The van der Waals surface area contributed by atoms with Gasteiger partial charge in [0.25, 0.3) is 5.91 Å². The van der Waals surface area contributed by atoms with Crippen LogP contribution in [0.2, 0.25) is 0 Å². The van der Waals surface area contributed by atoms with Gasteiger partial charge in [-0.25, -0.2) is 4.98 Å². The number of ether oxygens (including phenoxy) is 1. The minimum atomic E-state index is -0.282. The fourth-order valence-electron chi connectivity index (χ4n) is 2.96. The second-order valence-electron chi connectivity index (χ2n) is 6.10. The summed E-state index contributed by atoms with van der Waals surface area (Å²) in [6.07, 6.45) is 3.64. The summed E-state index contributed by atoms with van der Waals surface area (Å²) in [6, 6.07) is 19.0. The van der Waals surface area contributed by atoms with Crippen molar-refractivity contribution in [3.05, 3.63) is 84.3 Å². The number of anilines is 1. The standard InChI is InChI=1S/C21H18N4O2/c1-27-21-18-9-3-2-7-16(18)13-19(24-21)20(26)23-17-8-4-6-15(12-17)14-25-11-5-10-22-25/h2-13H,14H2,1H3,(H,23,26). The number of carbonyl (C=O) groups excluding carboxylic acids is 1. The molecule has 4 rings (SSSR count). The van der Waals surface area contributed by atoms with Crippen molar-refractivity contribution < 1.29 is 9.53 Å². The molecule has 27 heavy (non-hydrogen) atoms. The molecule has 2 heterocycles. The van der Waals surface area contributed by atoms with Crippen LogP contribution < -0.4 is 10.1 Å². The summed E-state index contributed by atoms with van der Waals surface area (Å²) in [4.78, 5) is 17.1. The predicted octanol–water partition coefficient (Wildman–Crippen LogP) is 3.74. The lowest BCUT2D eigenvalue weighted by molar-refractivity contribution is 0.102. The van der Waals surface area contributed by atoms with Gasteiger partial charge < -0.3 is 10.1 Å². The van der Waals surface area contributed by atoms with E-state index in [9.17, 15) is 4.79 Å². The molecule has 0 aliphatic rings. The number of methoxy groups -OCH3 is 1. The third-order valence-electron chi connectivity index (χ3n) is 4.22. The fourth-order valence-corrected chi connectivity index (χ4v) is 2.96. The van der Waals surface area contributed by atoms with Gasteiger partial charge in [-0.1, -0.05) is 30.3 Å². The minimum absolute atomic E-state index is 0.282. The van der Waals surface area contributed by atoms with Gasteiger partial charge in [0.15, 0.2) is 0 Å². The van der Waals surface area contributed by atoms with Crippen molar-refractivity contribution in [3.8, 4) is 5.88 Å². The number of aromatic nitrogens is 3. The number of pyridine rings is 1. The monoisotopic (exact) mass is 358 g/mol. The molecule has 1 amide bonds. The average molecular weight is 358 g/mol. The number of carbonyl (C=O) groups is 1. The normalized spacial score (nSPS) is 10.7. The van der Waals surface area contributed by atoms with Gasteiger partial charge >= 0.3 is 0 Å². The summed E-state index contributed by atoms with van der Waals surface area (Å²) in [7, 11) is 1.55. The van der Waals surface area contributed by atoms with Crippen LogP contribution in [0.1, 0.15) is 16.1 Å². The predicted molar refractivity (Wildman–Crippen MR) is 104 cm³/mol. The van der Waals surface area contributed by atoms with E-state index in [1.54, 1.807) is 19.4 Å². The van der Waals surface area contributed by atoms with Gasteiger partial charge in [0.1, 0.15) is 5.69 Å². The van der Waals surface area contributed by atoms with E-state index in [-0.39, 0.29) is 5.91 Å². The molecule has 1 N–H and O–H groups in total. The lowest BCUT2D eigenvalue weighted by Crippen LogP contribution is -2.14. The van der Waals surface area contributed by atoms with Crippen LogP contribution in [0, 0.1) is 0 Å². The summed E-state index contributed by atoms with van der Waals surface area (Å²) in [5.74, 6) is 0.154. The van der Waals surface area contributed by atoms with E-state index in [2.05, 4.69) is 15.4 Å². The zero-order valence-corrected chi connectivity index (χ0v) is 14.8. The first-order valence-electron chi connectivity index (χ1n) is 8.54. The highest BCUT2D eigenvalue weighted by Gasteiger charge is 2.13. The van der Waals surface area contributed by atoms with Crippen LogP contribution in [0.4, 0.5) is 5.69 Å². The van der Waals surface area contributed by atoms with E-state index in [0.29, 0.717) is 23.8 Å². The van der Waals surface area contributed by atoms with Gasteiger partial charge in [0, 0.05) is 23.5 Å². The lowest BCUT2D eigenvalue weighted by Gasteiger charge is -2.10. The largest absolute Gasteiger partial charge is 0.481 e. The number of nitrogens with one attached hydrogen (secondary N) is 1. The average Bonchev–Trinajstić information content (AvgIpc) is 3.20. The van der Waals surface area contributed by atoms with Gasteiger partial charge in [-0.2, -0.15) is 5.10 Å². The van der Waals surface area contributed by atoms with Crippen molar-refractivity contribution in [2.45, 2.75) is 6.54 Å². The highest BCUT2D eigenvalue weighted by Crippen LogP contribution is 2.24. The summed E-state index contributed by atoms with van der Waals surface area (Å²) in [6.45, 7) is 0.638. The Kier molecular flexibility index (Phi) is 4.53. The van der Waals surface area contributed by atoms with Gasteiger partial charge in [-0.05, 0) is 41.3 Å². The topological polar surface area (TPSA) is 69.0 Å². The van der Waals surface area contributed by atoms with Crippen molar-refractivity contribution in [3.63, 3.8) is 0 Å².